The third-order valence-electron chi connectivity index (χ3n) is 4.19. The molecule has 3 rings (SSSR count). The van der Waals surface area contributed by atoms with Crippen molar-refractivity contribution in [3.63, 3.8) is 0 Å². The van der Waals surface area contributed by atoms with E-state index in [0.29, 0.717) is 0 Å². The van der Waals surface area contributed by atoms with Gasteiger partial charge in [0.1, 0.15) is 17.0 Å². The maximum absolute atomic E-state index is 12.5. The second kappa shape index (κ2) is 11.5. The lowest BCUT2D eigenvalue weighted by Gasteiger charge is -2.20. The zero-order chi connectivity index (χ0) is 27.1. The number of ether oxygens (including phenoxy) is 4. The molecule has 0 fully saturated rings. The maximum Gasteiger partial charge on any atom is 0.573 e. The number of para-hydroxylation sites is 2. The predicted octanol–water partition coefficient (Wildman–Crippen LogP) is 6.14. The molecule has 1 heterocycles. The number of esters is 1. The molecule has 0 aliphatic rings. The van der Waals surface area contributed by atoms with Crippen LogP contribution in [-0.2, 0) is 9.53 Å². The van der Waals surface area contributed by atoms with Crippen LogP contribution < -0.4 is 24.8 Å². The first-order valence-electron chi connectivity index (χ1n) is 10.9. The van der Waals surface area contributed by atoms with E-state index in [0.717, 1.165) is 12.1 Å². The predicted molar refractivity (Wildman–Crippen MR) is 128 cm³/mol. The lowest BCUT2D eigenvalue weighted by atomic mass is 10.2. The lowest BCUT2D eigenvalue weighted by molar-refractivity contribution is -0.274. The third-order valence-corrected chi connectivity index (χ3v) is 4.19. The summed E-state index contributed by atoms with van der Waals surface area (Å²) < 4.78 is 57.3. The minimum absolute atomic E-state index is 0.0277. The Morgan fingerprint density at radius 3 is 2.22 bits per heavy atom. The van der Waals surface area contributed by atoms with Gasteiger partial charge < -0.3 is 29.6 Å². The van der Waals surface area contributed by atoms with Crippen molar-refractivity contribution in [3.05, 3.63) is 66.9 Å². The fraction of sp³-hybridized carbons (Fsp3) is 0.240. The van der Waals surface area contributed by atoms with Gasteiger partial charge in [0.2, 0.25) is 5.88 Å². The largest absolute Gasteiger partial charge is 0.573 e. The highest BCUT2D eigenvalue weighted by Crippen LogP contribution is 2.34. The number of rotatable bonds is 8. The summed E-state index contributed by atoms with van der Waals surface area (Å²) in [5, 5.41) is 5.05. The molecule has 9 nitrogen and oxygen atoms in total. The summed E-state index contributed by atoms with van der Waals surface area (Å²) in [6.07, 6.45) is -3.37. The number of nitrogens with zero attached hydrogens (tertiary/aromatic N) is 1. The SMILES string of the molecule is CC(C)(C)OC(=O)COc1ccccc1Oc1ncccc1NC(=O)Nc1ccc(OC(F)(F)F)cc1. The number of hydrogen-bond acceptors (Lipinski definition) is 7. The normalized spacial score (nSPS) is 11.3. The molecule has 12 heteroatoms. The number of halogens is 3. The van der Waals surface area contributed by atoms with Crippen LogP contribution in [0.5, 0.6) is 23.1 Å². The van der Waals surface area contributed by atoms with Crippen LogP contribution in [0.15, 0.2) is 66.9 Å². The Labute approximate surface area is 210 Å². The fourth-order valence-corrected chi connectivity index (χ4v) is 2.86. The molecule has 0 unspecified atom stereocenters. The van der Waals surface area contributed by atoms with Crippen molar-refractivity contribution in [3.8, 4) is 23.1 Å². The second-order valence-corrected chi connectivity index (χ2v) is 8.43. The van der Waals surface area contributed by atoms with Gasteiger partial charge >= 0.3 is 18.4 Å². The van der Waals surface area contributed by atoms with Crippen LogP contribution in [0.3, 0.4) is 0 Å². The number of alkyl halides is 3. The summed E-state index contributed by atoms with van der Waals surface area (Å²) in [6, 6.07) is 13.6. The number of amides is 2. The van der Waals surface area contributed by atoms with Gasteiger partial charge in [-0.1, -0.05) is 12.1 Å². The van der Waals surface area contributed by atoms with Gasteiger partial charge in [0.15, 0.2) is 18.1 Å². The summed E-state index contributed by atoms with van der Waals surface area (Å²) in [5.74, 6) is -0.477. The van der Waals surface area contributed by atoms with Crippen molar-refractivity contribution in [2.24, 2.45) is 0 Å². The number of carbonyl (C=O) groups is 2. The van der Waals surface area contributed by atoms with Crippen LogP contribution in [0.25, 0.3) is 0 Å². The number of benzene rings is 2. The van der Waals surface area contributed by atoms with Crippen LogP contribution in [0.1, 0.15) is 20.8 Å². The molecule has 0 spiro atoms. The van der Waals surface area contributed by atoms with Crippen LogP contribution in [-0.4, -0.2) is 35.6 Å². The van der Waals surface area contributed by atoms with Gasteiger partial charge in [-0.2, -0.15) is 0 Å². The highest BCUT2D eigenvalue weighted by molar-refractivity contribution is 6.00. The van der Waals surface area contributed by atoms with Crippen molar-refractivity contribution < 1.29 is 41.7 Å². The monoisotopic (exact) mass is 519 g/mol. The first-order chi connectivity index (χ1) is 17.4. The van der Waals surface area contributed by atoms with E-state index in [2.05, 4.69) is 20.4 Å². The highest BCUT2D eigenvalue weighted by Gasteiger charge is 2.31. The smallest absolute Gasteiger partial charge is 0.478 e. The van der Waals surface area contributed by atoms with Crippen LogP contribution >= 0.6 is 0 Å². The molecule has 37 heavy (non-hydrogen) atoms. The molecule has 2 amide bonds. The molecule has 0 radical (unpaired) electrons. The first-order valence-corrected chi connectivity index (χ1v) is 10.9. The second-order valence-electron chi connectivity index (χ2n) is 8.43. The van der Waals surface area contributed by atoms with Crippen LogP contribution in [0, 0.1) is 0 Å². The fourth-order valence-electron chi connectivity index (χ4n) is 2.86. The Balaban J connectivity index is 1.65. The Morgan fingerprint density at radius 2 is 1.57 bits per heavy atom. The average Bonchev–Trinajstić information content (AvgIpc) is 2.79. The molecule has 0 atom stereocenters. The molecule has 0 saturated carbocycles. The topological polar surface area (TPSA) is 108 Å². The molecule has 2 N–H and O–H groups in total. The summed E-state index contributed by atoms with van der Waals surface area (Å²) in [5.41, 5.74) is -0.247. The summed E-state index contributed by atoms with van der Waals surface area (Å²) >= 11 is 0. The quantitative estimate of drug-likeness (QED) is 0.344. The zero-order valence-corrected chi connectivity index (χ0v) is 20.1. The van der Waals surface area contributed by atoms with Crippen molar-refractivity contribution in [1.29, 1.82) is 0 Å². The molecule has 3 aromatic rings. The van der Waals surface area contributed by atoms with Crippen molar-refractivity contribution in [1.82, 2.24) is 4.98 Å². The Morgan fingerprint density at radius 1 is 0.892 bits per heavy atom. The van der Waals surface area contributed by atoms with E-state index in [4.69, 9.17) is 14.2 Å². The van der Waals surface area contributed by atoms with Crippen molar-refractivity contribution in [2.45, 2.75) is 32.7 Å². The van der Waals surface area contributed by atoms with E-state index in [1.165, 1.54) is 24.4 Å². The van der Waals surface area contributed by atoms with Crippen molar-refractivity contribution in [2.75, 3.05) is 17.2 Å². The third kappa shape index (κ3) is 9.24. The van der Waals surface area contributed by atoms with Gasteiger partial charge in [-0.25, -0.2) is 14.6 Å². The van der Waals surface area contributed by atoms with Gasteiger partial charge in [0, 0.05) is 11.9 Å². The van der Waals surface area contributed by atoms with Gasteiger partial charge in [-0.15, -0.1) is 13.2 Å². The minimum atomic E-state index is -4.82. The van der Waals surface area contributed by atoms with E-state index in [9.17, 15) is 22.8 Å². The molecular weight excluding hydrogens is 495 g/mol. The number of carbonyl (C=O) groups excluding carboxylic acids is 2. The molecule has 2 aromatic carbocycles. The zero-order valence-electron chi connectivity index (χ0n) is 20.1. The number of pyridine rings is 1. The van der Waals surface area contributed by atoms with E-state index in [1.807, 2.05) is 0 Å². The van der Waals surface area contributed by atoms with E-state index >= 15 is 0 Å². The minimum Gasteiger partial charge on any atom is -0.478 e. The maximum atomic E-state index is 12.5. The molecule has 0 aliphatic carbocycles. The summed E-state index contributed by atoms with van der Waals surface area (Å²) in [4.78, 5) is 28.6. The van der Waals surface area contributed by atoms with Crippen molar-refractivity contribution >= 4 is 23.4 Å². The van der Waals surface area contributed by atoms with E-state index in [1.54, 1.807) is 51.1 Å². The molecular formula is C25H24F3N3O6. The van der Waals surface area contributed by atoms with Gasteiger partial charge in [-0.3, -0.25) is 0 Å². The van der Waals surface area contributed by atoms with Crippen LogP contribution in [0.2, 0.25) is 0 Å². The molecule has 196 valence electrons. The standard InChI is InChI=1S/C25H24F3N3O6/c1-24(2,3)37-21(32)15-34-19-8-4-5-9-20(19)35-22-18(7-6-14-29-22)31-23(33)30-16-10-12-17(13-11-16)36-25(26,27)28/h4-14H,15H2,1-3H3,(H2,30,31,33). The summed E-state index contributed by atoms with van der Waals surface area (Å²) in [7, 11) is 0. The lowest BCUT2D eigenvalue weighted by Crippen LogP contribution is -2.27. The number of hydrogen-bond donors (Lipinski definition) is 2. The first kappa shape index (κ1) is 27.1. The molecule has 0 aliphatic heterocycles. The van der Waals surface area contributed by atoms with E-state index in [-0.39, 0.29) is 35.4 Å². The van der Waals surface area contributed by atoms with Gasteiger partial charge in [0.25, 0.3) is 0 Å². The Hall–Kier alpha value is -4.48. The van der Waals surface area contributed by atoms with E-state index < -0.39 is 29.7 Å². The molecule has 0 saturated heterocycles. The highest BCUT2D eigenvalue weighted by atomic mass is 19.4. The Kier molecular flexibility index (Phi) is 8.43. The Bertz CT molecular complexity index is 1230. The molecule has 0 bridgehead atoms. The average molecular weight is 519 g/mol. The number of anilines is 2. The number of aromatic nitrogens is 1. The van der Waals surface area contributed by atoms with Gasteiger partial charge in [-0.05, 0) is 69.3 Å². The summed E-state index contributed by atoms with van der Waals surface area (Å²) in [6.45, 7) is 4.88. The number of nitrogens with one attached hydrogen (secondary N) is 2. The molecule has 1 aromatic heterocycles. The number of urea groups is 1. The van der Waals surface area contributed by atoms with Gasteiger partial charge in [0.05, 0.1) is 0 Å². The van der Waals surface area contributed by atoms with Crippen LogP contribution in [0.4, 0.5) is 29.3 Å².